The topological polar surface area (TPSA) is 42.7 Å². The second-order valence-corrected chi connectivity index (χ2v) is 4.09. The lowest BCUT2D eigenvalue weighted by Crippen LogP contribution is -2.32. The van der Waals surface area contributed by atoms with Gasteiger partial charge in [0.05, 0.1) is 6.54 Å². The molecule has 0 spiro atoms. The van der Waals surface area contributed by atoms with E-state index in [1.807, 2.05) is 0 Å². The largest absolute Gasteiger partial charge is 0.317 e. The van der Waals surface area contributed by atoms with Gasteiger partial charge in [-0.3, -0.25) is 0 Å². The number of hydrogen-bond acceptors (Lipinski definition) is 3. The molecule has 1 aromatic heterocycles. The average molecular weight is 210 g/mol. The molecule has 0 fully saturated rings. The van der Waals surface area contributed by atoms with Gasteiger partial charge in [-0.15, -0.1) is 10.2 Å². The van der Waals surface area contributed by atoms with Gasteiger partial charge in [0.15, 0.2) is 0 Å². The Kier molecular flexibility index (Phi) is 4.75. The predicted molar refractivity (Wildman–Crippen MR) is 61.5 cm³/mol. The van der Waals surface area contributed by atoms with E-state index < -0.39 is 0 Å². The lowest BCUT2D eigenvalue weighted by Gasteiger charge is -2.19. The number of nitrogens with zero attached hydrogens (tertiary/aromatic N) is 3. The molecule has 86 valence electrons. The zero-order chi connectivity index (χ0) is 11.3. The van der Waals surface area contributed by atoms with Gasteiger partial charge in [-0.25, -0.2) is 0 Å². The van der Waals surface area contributed by atoms with E-state index >= 15 is 0 Å². The van der Waals surface area contributed by atoms with Crippen molar-refractivity contribution in [1.29, 1.82) is 0 Å². The van der Waals surface area contributed by atoms with Crippen LogP contribution in [0.4, 0.5) is 0 Å². The number of hydrogen-bond donors (Lipinski definition) is 1. The smallest absolute Gasteiger partial charge is 0.146 e. The second kappa shape index (κ2) is 5.85. The maximum Gasteiger partial charge on any atom is 0.146 e. The Balaban J connectivity index is 2.43. The number of aryl methyl sites for hydroxylation is 1. The summed E-state index contributed by atoms with van der Waals surface area (Å²) in [6.45, 7) is 10.5. The minimum Gasteiger partial charge on any atom is -0.317 e. The van der Waals surface area contributed by atoms with Crippen LogP contribution in [0, 0.1) is 5.92 Å². The summed E-state index contributed by atoms with van der Waals surface area (Å²) in [5.74, 6) is 1.72. The van der Waals surface area contributed by atoms with Gasteiger partial charge in [-0.1, -0.05) is 20.3 Å². The summed E-state index contributed by atoms with van der Waals surface area (Å²) < 4.78 is 2.07. The fraction of sp³-hybridized carbons (Fsp3) is 0.818. The van der Waals surface area contributed by atoms with E-state index in [0.29, 0.717) is 12.0 Å². The summed E-state index contributed by atoms with van der Waals surface area (Å²) in [6.07, 6.45) is 2.99. The van der Waals surface area contributed by atoms with E-state index in [1.165, 1.54) is 6.42 Å². The molecule has 0 saturated heterocycles. The van der Waals surface area contributed by atoms with E-state index in [0.717, 1.165) is 18.9 Å². The average Bonchev–Trinajstić information content (AvgIpc) is 2.71. The van der Waals surface area contributed by atoms with Crippen molar-refractivity contribution in [3.8, 4) is 0 Å². The monoisotopic (exact) mass is 210 g/mol. The summed E-state index contributed by atoms with van der Waals surface area (Å²) in [4.78, 5) is 0. The van der Waals surface area contributed by atoms with Crippen LogP contribution in [0.3, 0.4) is 0 Å². The zero-order valence-electron chi connectivity index (χ0n) is 10.2. The molecule has 0 amide bonds. The third-order valence-corrected chi connectivity index (χ3v) is 3.12. The molecule has 0 saturated carbocycles. The molecule has 2 unspecified atom stereocenters. The van der Waals surface area contributed by atoms with Crippen LogP contribution in [0.25, 0.3) is 0 Å². The maximum atomic E-state index is 4.09. The van der Waals surface area contributed by atoms with Gasteiger partial charge in [0.1, 0.15) is 12.2 Å². The molecule has 1 aromatic rings. The Morgan fingerprint density at radius 3 is 2.73 bits per heavy atom. The summed E-state index contributed by atoms with van der Waals surface area (Å²) in [5, 5.41) is 11.5. The fourth-order valence-electron chi connectivity index (χ4n) is 1.49. The molecule has 0 aliphatic carbocycles. The van der Waals surface area contributed by atoms with E-state index in [-0.39, 0.29) is 0 Å². The van der Waals surface area contributed by atoms with Gasteiger partial charge in [-0.05, 0) is 19.8 Å². The quantitative estimate of drug-likeness (QED) is 0.779. The summed E-state index contributed by atoms with van der Waals surface area (Å²) in [6, 6.07) is 0.525. The minimum atomic E-state index is 0.525. The van der Waals surface area contributed by atoms with Crippen LogP contribution >= 0.6 is 0 Å². The molecular formula is C11H22N4. The first-order chi connectivity index (χ1) is 7.19. The molecule has 0 aromatic carbocycles. The summed E-state index contributed by atoms with van der Waals surface area (Å²) in [7, 11) is 0. The Bertz CT molecular complexity index is 282. The van der Waals surface area contributed by atoms with E-state index in [1.54, 1.807) is 6.33 Å². The highest BCUT2D eigenvalue weighted by Gasteiger charge is 2.10. The SMILES string of the molecule is CCC(C)C(C)NCc1nncn1CC. The third-order valence-electron chi connectivity index (χ3n) is 3.12. The van der Waals surface area contributed by atoms with E-state index in [4.69, 9.17) is 0 Å². The Labute approximate surface area is 92.1 Å². The predicted octanol–water partition coefficient (Wildman–Crippen LogP) is 1.82. The minimum absolute atomic E-state index is 0.525. The van der Waals surface area contributed by atoms with E-state index in [9.17, 15) is 0 Å². The Morgan fingerprint density at radius 1 is 1.40 bits per heavy atom. The molecule has 0 radical (unpaired) electrons. The Hall–Kier alpha value is -0.900. The number of rotatable bonds is 6. The van der Waals surface area contributed by atoms with Gasteiger partial charge in [-0.2, -0.15) is 0 Å². The first-order valence-electron chi connectivity index (χ1n) is 5.79. The first kappa shape index (κ1) is 12.2. The van der Waals surface area contributed by atoms with Crippen LogP contribution in [0.1, 0.15) is 39.9 Å². The molecule has 1 N–H and O–H groups in total. The number of nitrogens with one attached hydrogen (secondary N) is 1. The van der Waals surface area contributed by atoms with Crippen molar-refractivity contribution >= 4 is 0 Å². The van der Waals surface area contributed by atoms with Crippen LogP contribution < -0.4 is 5.32 Å². The molecule has 4 heteroatoms. The molecule has 0 aliphatic rings. The van der Waals surface area contributed by atoms with Crippen molar-refractivity contribution in [2.75, 3.05) is 0 Å². The van der Waals surface area contributed by atoms with E-state index in [2.05, 4.69) is 47.8 Å². The van der Waals surface area contributed by atoms with Crippen LogP contribution in [-0.4, -0.2) is 20.8 Å². The van der Waals surface area contributed by atoms with Gasteiger partial charge >= 0.3 is 0 Å². The molecule has 1 heterocycles. The van der Waals surface area contributed by atoms with Crippen molar-refractivity contribution in [3.05, 3.63) is 12.2 Å². The molecule has 1 rings (SSSR count). The molecule has 0 aliphatic heterocycles. The van der Waals surface area contributed by atoms with Crippen LogP contribution in [0.5, 0.6) is 0 Å². The lowest BCUT2D eigenvalue weighted by atomic mass is 10.0. The fourth-order valence-corrected chi connectivity index (χ4v) is 1.49. The van der Waals surface area contributed by atoms with Crippen LogP contribution in [0.2, 0.25) is 0 Å². The second-order valence-electron chi connectivity index (χ2n) is 4.09. The normalized spacial score (nSPS) is 15.2. The summed E-state index contributed by atoms with van der Waals surface area (Å²) in [5.41, 5.74) is 0. The van der Waals surface area contributed by atoms with Crippen molar-refractivity contribution in [1.82, 2.24) is 20.1 Å². The number of aromatic nitrogens is 3. The van der Waals surface area contributed by atoms with Gasteiger partial charge in [0.2, 0.25) is 0 Å². The highest BCUT2D eigenvalue weighted by Crippen LogP contribution is 2.07. The van der Waals surface area contributed by atoms with Crippen molar-refractivity contribution in [2.24, 2.45) is 5.92 Å². The van der Waals surface area contributed by atoms with Crippen LogP contribution in [0.15, 0.2) is 6.33 Å². The molecule has 2 atom stereocenters. The first-order valence-corrected chi connectivity index (χ1v) is 5.79. The molecule has 15 heavy (non-hydrogen) atoms. The van der Waals surface area contributed by atoms with Crippen molar-refractivity contribution in [2.45, 2.75) is 53.2 Å². The van der Waals surface area contributed by atoms with Gasteiger partial charge in [0.25, 0.3) is 0 Å². The van der Waals surface area contributed by atoms with Gasteiger partial charge in [0, 0.05) is 12.6 Å². The lowest BCUT2D eigenvalue weighted by molar-refractivity contribution is 0.383. The molecular weight excluding hydrogens is 188 g/mol. The third kappa shape index (κ3) is 3.30. The highest BCUT2D eigenvalue weighted by atomic mass is 15.3. The molecule has 0 bridgehead atoms. The van der Waals surface area contributed by atoms with Gasteiger partial charge < -0.3 is 9.88 Å². The zero-order valence-corrected chi connectivity index (χ0v) is 10.2. The van der Waals surface area contributed by atoms with Crippen LogP contribution in [-0.2, 0) is 13.1 Å². The van der Waals surface area contributed by atoms with Crippen molar-refractivity contribution < 1.29 is 0 Å². The molecule has 4 nitrogen and oxygen atoms in total. The Morgan fingerprint density at radius 2 is 2.13 bits per heavy atom. The van der Waals surface area contributed by atoms with Crippen molar-refractivity contribution in [3.63, 3.8) is 0 Å². The summed E-state index contributed by atoms with van der Waals surface area (Å²) >= 11 is 0. The highest BCUT2D eigenvalue weighted by molar-refractivity contribution is 4.85. The maximum absolute atomic E-state index is 4.09. The standard InChI is InChI=1S/C11H22N4/c1-5-9(3)10(4)12-7-11-14-13-8-15(11)6-2/h8-10,12H,5-7H2,1-4H3.